The van der Waals surface area contributed by atoms with E-state index in [-0.39, 0.29) is 19.3 Å². The summed E-state index contributed by atoms with van der Waals surface area (Å²) in [5.74, 6) is -3.06. The third-order valence-corrected chi connectivity index (χ3v) is 1.66. The van der Waals surface area contributed by atoms with Crippen molar-refractivity contribution in [3.63, 3.8) is 0 Å². The molecule has 0 spiro atoms. The van der Waals surface area contributed by atoms with Gasteiger partial charge in [0.2, 0.25) is 5.91 Å². The Kier molecular flexibility index (Phi) is 6.03. The number of carboxylic acid groups (broad SMARTS) is 2. The lowest BCUT2D eigenvalue weighted by Crippen LogP contribution is -2.42. The van der Waals surface area contributed by atoms with Crippen LogP contribution >= 0.6 is 0 Å². The second kappa shape index (κ2) is 6.77. The molecule has 0 bridgehead atoms. The van der Waals surface area contributed by atoms with Gasteiger partial charge >= 0.3 is 11.9 Å². The van der Waals surface area contributed by atoms with Gasteiger partial charge < -0.3 is 20.6 Å². The quantitative estimate of drug-likeness (QED) is 0.426. The topological polar surface area (TPSA) is 124 Å². The minimum absolute atomic E-state index is 0.0212. The Morgan fingerprint density at radius 3 is 2.20 bits per heavy atom. The zero-order valence-corrected chi connectivity index (χ0v) is 7.97. The van der Waals surface area contributed by atoms with Gasteiger partial charge in [0, 0.05) is 6.42 Å². The standard InChI is InChI=1S/C8H13NO6/c10-4-6(11)9-5(8(14)15)2-1-3-7(12)13/h5,10H,1-4H2,(H,9,11)(H,12,13)(H,14,15)/t5-/m0/s1. The van der Waals surface area contributed by atoms with E-state index >= 15 is 0 Å². The van der Waals surface area contributed by atoms with Crippen molar-refractivity contribution in [3.8, 4) is 0 Å². The molecule has 0 radical (unpaired) electrons. The van der Waals surface area contributed by atoms with Crippen LogP contribution < -0.4 is 5.32 Å². The van der Waals surface area contributed by atoms with Crippen molar-refractivity contribution in [2.45, 2.75) is 25.3 Å². The molecule has 0 aromatic heterocycles. The Hall–Kier alpha value is -1.63. The molecule has 1 atom stereocenters. The number of hydrogen-bond donors (Lipinski definition) is 4. The number of carboxylic acids is 2. The molecule has 0 unspecified atom stereocenters. The highest BCUT2D eigenvalue weighted by Gasteiger charge is 2.19. The van der Waals surface area contributed by atoms with Crippen LogP contribution in [0.2, 0.25) is 0 Å². The van der Waals surface area contributed by atoms with Gasteiger partial charge in [-0.25, -0.2) is 4.79 Å². The Morgan fingerprint density at radius 1 is 1.20 bits per heavy atom. The normalized spacial score (nSPS) is 11.8. The highest BCUT2D eigenvalue weighted by molar-refractivity contribution is 5.84. The highest BCUT2D eigenvalue weighted by atomic mass is 16.4. The van der Waals surface area contributed by atoms with E-state index in [1.54, 1.807) is 0 Å². The first-order valence-electron chi connectivity index (χ1n) is 4.32. The van der Waals surface area contributed by atoms with Crippen molar-refractivity contribution < 1.29 is 29.7 Å². The van der Waals surface area contributed by atoms with E-state index in [1.807, 2.05) is 0 Å². The first-order chi connectivity index (χ1) is 6.97. The van der Waals surface area contributed by atoms with Gasteiger partial charge in [-0.3, -0.25) is 9.59 Å². The first kappa shape index (κ1) is 13.4. The van der Waals surface area contributed by atoms with Gasteiger partial charge in [0.1, 0.15) is 12.6 Å². The third kappa shape index (κ3) is 6.44. The number of aliphatic hydroxyl groups is 1. The fourth-order valence-electron chi connectivity index (χ4n) is 0.955. The SMILES string of the molecule is O=C(O)CCC[C@H](NC(=O)CO)C(=O)O. The number of nitrogens with one attached hydrogen (secondary N) is 1. The van der Waals surface area contributed by atoms with Crippen LogP contribution in [0.4, 0.5) is 0 Å². The number of rotatable bonds is 7. The third-order valence-electron chi connectivity index (χ3n) is 1.66. The largest absolute Gasteiger partial charge is 0.481 e. The summed E-state index contributed by atoms with van der Waals surface area (Å²) in [5, 5.41) is 27.4. The number of hydrogen-bond acceptors (Lipinski definition) is 4. The van der Waals surface area contributed by atoms with Gasteiger partial charge in [0.25, 0.3) is 0 Å². The number of aliphatic carboxylic acids is 2. The lowest BCUT2D eigenvalue weighted by Gasteiger charge is -2.12. The summed E-state index contributed by atoms with van der Waals surface area (Å²) in [5.41, 5.74) is 0. The molecule has 0 aromatic rings. The summed E-state index contributed by atoms with van der Waals surface area (Å²) >= 11 is 0. The monoisotopic (exact) mass is 219 g/mol. The number of amides is 1. The molecule has 0 saturated carbocycles. The van der Waals surface area contributed by atoms with Crippen LogP contribution in [0, 0.1) is 0 Å². The zero-order valence-electron chi connectivity index (χ0n) is 7.97. The van der Waals surface area contributed by atoms with Gasteiger partial charge in [-0.2, -0.15) is 0 Å². The lowest BCUT2D eigenvalue weighted by molar-refractivity contribution is -0.143. The van der Waals surface area contributed by atoms with Crippen molar-refractivity contribution >= 4 is 17.8 Å². The number of aliphatic hydroxyl groups excluding tert-OH is 1. The van der Waals surface area contributed by atoms with Crippen molar-refractivity contribution in [2.75, 3.05) is 6.61 Å². The molecule has 0 aliphatic carbocycles. The minimum Gasteiger partial charge on any atom is -0.481 e. The lowest BCUT2D eigenvalue weighted by atomic mass is 10.1. The van der Waals surface area contributed by atoms with E-state index in [4.69, 9.17) is 15.3 Å². The van der Waals surface area contributed by atoms with E-state index in [0.717, 1.165) is 0 Å². The summed E-state index contributed by atoms with van der Waals surface area (Å²) in [6.07, 6.45) is 0.0180. The van der Waals surface area contributed by atoms with Crippen LogP contribution in [0.15, 0.2) is 0 Å². The maximum atomic E-state index is 10.7. The first-order valence-corrected chi connectivity index (χ1v) is 4.32. The molecule has 0 rings (SSSR count). The Labute approximate surface area is 85.7 Å². The Morgan fingerprint density at radius 2 is 1.80 bits per heavy atom. The van der Waals surface area contributed by atoms with Crippen LogP contribution in [0.25, 0.3) is 0 Å². The summed E-state index contributed by atoms with van der Waals surface area (Å²) in [4.78, 5) is 31.4. The van der Waals surface area contributed by atoms with Gasteiger partial charge in [0.15, 0.2) is 0 Å². The molecule has 0 saturated heterocycles. The molecule has 0 aliphatic heterocycles. The van der Waals surface area contributed by atoms with Crippen molar-refractivity contribution in [3.05, 3.63) is 0 Å². The highest BCUT2D eigenvalue weighted by Crippen LogP contribution is 2.01. The van der Waals surface area contributed by atoms with Crippen LogP contribution in [0.1, 0.15) is 19.3 Å². The van der Waals surface area contributed by atoms with Crippen LogP contribution in [0.5, 0.6) is 0 Å². The fourth-order valence-corrected chi connectivity index (χ4v) is 0.955. The van der Waals surface area contributed by atoms with E-state index in [9.17, 15) is 14.4 Å². The maximum absolute atomic E-state index is 10.7. The smallest absolute Gasteiger partial charge is 0.326 e. The molecule has 86 valence electrons. The van der Waals surface area contributed by atoms with Gasteiger partial charge in [-0.1, -0.05) is 0 Å². The second-order valence-electron chi connectivity index (χ2n) is 2.90. The second-order valence-corrected chi connectivity index (χ2v) is 2.90. The van der Waals surface area contributed by atoms with E-state index in [1.165, 1.54) is 0 Å². The minimum atomic E-state index is -1.25. The molecule has 7 heteroatoms. The van der Waals surface area contributed by atoms with E-state index in [2.05, 4.69) is 5.32 Å². The van der Waals surface area contributed by atoms with E-state index in [0.29, 0.717) is 0 Å². The summed E-state index contributed by atoms with van der Waals surface area (Å²) < 4.78 is 0. The fraction of sp³-hybridized carbons (Fsp3) is 0.625. The summed E-state index contributed by atoms with van der Waals surface area (Å²) in [7, 11) is 0. The van der Waals surface area contributed by atoms with Crippen molar-refractivity contribution in [1.29, 1.82) is 0 Å². The number of carbonyl (C=O) groups excluding carboxylic acids is 1. The van der Waals surface area contributed by atoms with E-state index < -0.39 is 30.5 Å². The molecular weight excluding hydrogens is 206 g/mol. The van der Waals surface area contributed by atoms with Crippen LogP contribution in [0.3, 0.4) is 0 Å². The molecule has 15 heavy (non-hydrogen) atoms. The van der Waals surface area contributed by atoms with Gasteiger partial charge in [-0.15, -0.1) is 0 Å². The molecule has 0 fully saturated rings. The average molecular weight is 219 g/mol. The predicted octanol–water partition coefficient (Wildman–Crippen LogP) is -1.20. The molecule has 4 N–H and O–H groups in total. The molecule has 7 nitrogen and oxygen atoms in total. The molecule has 0 aromatic carbocycles. The summed E-state index contributed by atoms with van der Waals surface area (Å²) in [6.45, 7) is -0.789. The Balaban J connectivity index is 4.00. The van der Waals surface area contributed by atoms with Gasteiger partial charge in [-0.05, 0) is 12.8 Å². The van der Waals surface area contributed by atoms with Crippen molar-refractivity contribution in [1.82, 2.24) is 5.32 Å². The molecule has 1 amide bonds. The molecule has 0 heterocycles. The van der Waals surface area contributed by atoms with Gasteiger partial charge in [0.05, 0.1) is 0 Å². The molecular formula is C8H13NO6. The maximum Gasteiger partial charge on any atom is 0.326 e. The predicted molar refractivity (Wildman–Crippen MR) is 48.1 cm³/mol. The zero-order chi connectivity index (χ0) is 11.8. The van der Waals surface area contributed by atoms with Crippen LogP contribution in [-0.2, 0) is 14.4 Å². The van der Waals surface area contributed by atoms with Crippen LogP contribution in [-0.4, -0.2) is 45.8 Å². The average Bonchev–Trinajstić information content (AvgIpc) is 2.15. The van der Waals surface area contributed by atoms with Crippen molar-refractivity contribution in [2.24, 2.45) is 0 Å². The summed E-state index contributed by atoms with van der Waals surface area (Å²) in [6, 6.07) is -1.15. The Bertz CT molecular complexity index is 252. The molecule has 0 aliphatic rings. The number of carbonyl (C=O) groups is 3.